The van der Waals surface area contributed by atoms with E-state index in [1.165, 1.54) is 5.56 Å². The molecule has 0 bridgehead atoms. The Balaban J connectivity index is 1.71. The summed E-state index contributed by atoms with van der Waals surface area (Å²) in [7, 11) is 0. The lowest BCUT2D eigenvalue weighted by Gasteiger charge is -2.24. The first-order valence-electron chi connectivity index (χ1n) is 7.34. The van der Waals surface area contributed by atoms with Gasteiger partial charge in [-0.3, -0.25) is 5.41 Å². The Hall–Kier alpha value is -3.15. The molecule has 2 heterocycles. The van der Waals surface area contributed by atoms with Gasteiger partial charge in [-0.15, -0.1) is 0 Å². The molecule has 114 valence electrons. The van der Waals surface area contributed by atoms with Crippen molar-refractivity contribution in [2.75, 3.05) is 5.73 Å². The first-order valence-corrected chi connectivity index (χ1v) is 7.34. The van der Waals surface area contributed by atoms with Gasteiger partial charge in [-0.25, -0.2) is 4.99 Å². The number of nitrogens with zero attached hydrogens (tertiary/aromatic N) is 3. The van der Waals surface area contributed by atoms with Crippen LogP contribution >= 0.6 is 0 Å². The molecule has 23 heavy (non-hydrogen) atoms. The van der Waals surface area contributed by atoms with Crippen LogP contribution in [0.5, 0.6) is 0 Å². The zero-order valence-corrected chi connectivity index (χ0v) is 12.4. The van der Waals surface area contributed by atoms with Crippen molar-refractivity contribution in [1.29, 1.82) is 5.41 Å². The van der Waals surface area contributed by atoms with Gasteiger partial charge in [0.1, 0.15) is 5.84 Å². The molecule has 6 nitrogen and oxygen atoms in total. The normalized spacial score (nSPS) is 19.0. The number of hydrogen-bond acceptors (Lipinski definition) is 3. The van der Waals surface area contributed by atoms with Crippen molar-refractivity contribution in [2.45, 2.75) is 12.5 Å². The van der Waals surface area contributed by atoms with Crippen molar-refractivity contribution in [3.05, 3.63) is 59.4 Å². The third kappa shape index (κ3) is 2.24. The molecule has 1 aromatic carbocycles. The molecule has 0 saturated heterocycles. The molecule has 0 radical (unpaired) electrons. The lowest BCUT2D eigenvalue weighted by atomic mass is 9.88. The van der Waals surface area contributed by atoms with E-state index in [0.717, 1.165) is 29.2 Å². The average Bonchev–Trinajstić information content (AvgIpc) is 2.92. The summed E-state index contributed by atoms with van der Waals surface area (Å²) in [5.74, 6) is 0.232. The maximum absolute atomic E-state index is 7.59. The Morgan fingerprint density at radius 1 is 1.04 bits per heavy atom. The van der Waals surface area contributed by atoms with Gasteiger partial charge in [0.2, 0.25) is 5.96 Å². The minimum absolute atomic E-state index is 0.0387. The molecular weight excluding hydrogens is 288 g/mol. The van der Waals surface area contributed by atoms with Gasteiger partial charge in [-0.1, -0.05) is 12.1 Å². The van der Waals surface area contributed by atoms with Crippen molar-refractivity contribution < 1.29 is 0 Å². The number of aliphatic imine (C=N–C) groups is 2. The molecular formula is C17H16N6. The van der Waals surface area contributed by atoms with Gasteiger partial charge >= 0.3 is 0 Å². The van der Waals surface area contributed by atoms with Crippen LogP contribution in [0.4, 0.5) is 5.69 Å². The second-order valence-electron chi connectivity index (χ2n) is 5.69. The zero-order chi connectivity index (χ0) is 16.0. The van der Waals surface area contributed by atoms with Gasteiger partial charge in [0.25, 0.3) is 0 Å². The standard InChI is InChI=1S/C17H16N6/c18-11-3-1-10(2-4-11)9-23-8-7-12-14(23)6-5-13-15(12)16(19)22-17(20)21-13/h1-8,15H,9,18H2,(H3,19,20,22). The van der Waals surface area contributed by atoms with Crippen LogP contribution in [0.15, 0.2) is 52.6 Å². The van der Waals surface area contributed by atoms with Crippen molar-refractivity contribution in [3.8, 4) is 0 Å². The van der Waals surface area contributed by atoms with Crippen LogP contribution in [-0.2, 0) is 6.54 Å². The number of amidine groups is 1. The molecule has 1 aliphatic carbocycles. The third-order valence-corrected chi connectivity index (χ3v) is 4.16. The summed E-state index contributed by atoms with van der Waals surface area (Å²) in [5.41, 5.74) is 16.7. The highest BCUT2D eigenvalue weighted by Crippen LogP contribution is 2.31. The number of nitrogen functional groups attached to an aromatic ring is 1. The molecule has 0 fully saturated rings. The smallest absolute Gasteiger partial charge is 0.243 e. The maximum Gasteiger partial charge on any atom is 0.243 e. The first-order chi connectivity index (χ1) is 11.1. The SMILES string of the molecule is N=C1N=C(N)C2C(=N1)C=Cc1c2ccn1Cc1ccc(N)cc1. The number of hydrogen-bond donors (Lipinski definition) is 3. The van der Waals surface area contributed by atoms with Gasteiger partial charge in [0.15, 0.2) is 0 Å². The van der Waals surface area contributed by atoms with Crippen molar-refractivity contribution in [3.63, 3.8) is 0 Å². The van der Waals surface area contributed by atoms with Gasteiger partial charge in [-0.05, 0) is 41.5 Å². The first kappa shape index (κ1) is 13.5. The van der Waals surface area contributed by atoms with E-state index in [9.17, 15) is 0 Å². The molecule has 4 rings (SSSR count). The van der Waals surface area contributed by atoms with Crippen LogP contribution < -0.4 is 11.5 Å². The average molecular weight is 304 g/mol. The van der Waals surface area contributed by atoms with Gasteiger partial charge in [0.05, 0.1) is 11.6 Å². The summed E-state index contributed by atoms with van der Waals surface area (Å²) in [6.07, 6.45) is 5.98. The Morgan fingerprint density at radius 3 is 2.61 bits per heavy atom. The van der Waals surface area contributed by atoms with Gasteiger partial charge in [-0.2, -0.15) is 4.99 Å². The molecule has 1 aromatic heterocycles. The largest absolute Gasteiger partial charge is 0.399 e. The van der Waals surface area contributed by atoms with E-state index in [2.05, 4.69) is 14.6 Å². The molecule has 5 N–H and O–H groups in total. The Labute approximate surface area is 133 Å². The highest BCUT2D eigenvalue weighted by atomic mass is 15.1. The number of rotatable bonds is 2. The fourth-order valence-corrected chi connectivity index (χ4v) is 3.06. The van der Waals surface area contributed by atoms with E-state index in [1.54, 1.807) is 0 Å². The molecule has 2 aliphatic rings. The van der Waals surface area contributed by atoms with E-state index in [0.29, 0.717) is 5.84 Å². The molecule has 2 aromatic rings. The topological polar surface area (TPSA) is 106 Å². The predicted molar refractivity (Wildman–Crippen MR) is 92.9 cm³/mol. The van der Waals surface area contributed by atoms with E-state index >= 15 is 0 Å². The Morgan fingerprint density at radius 2 is 1.83 bits per heavy atom. The molecule has 1 atom stereocenters. The lowest BCUT2D eigenvalue weighted by Crippen LogP contribution is -2.33. The van der Waals surface area contributed by atoms with Gasteiger partial charge in [0, 0.05) is 24.1 Å². The molecule has 6 heteroatoms. The molecule has 0 saturated carbocycles. The highest BCUT2D eigenvalue weighted by molar-refractivity contribution is 6.25. The minimum atomic E-state index is -0.156. The monoisotopic (exact) mass is 304 g/mol. The summed E-state index contributed by atoms with van der Waals surface area (Å²) in [6, 6.07) is 9.91. The van der Waals surface area contributed by atoms with Crippen molar-refractivity contribution in [1.82, 2.24) is 4.57 Å². The number of guanidine groups is 1. The van der Waals surface area contributed by atoms with E-state index in [4.69, 9.17) is 16.9 Å². The summed E-state index contributed by atoms with van der Waals surface area (Å²) >= 11 is 0. The fraction of sp³-hybridized carbons (Fsp3) is 0.118. The van der Waals surface area contributed by atoms with Gasteiger partial charge < -0.3 is 16.0 Å². The zero-order valence-electron chi connectivity index (χ0n) is 12.4. The predicted octanol–water partition coefficient (Wildman–Crippen LogP) is 1.98. The summed E-state index contributed by atoms with van der Waals surface area (Å²) < 4.78 is 2.17. The van der Waals surface area contributed by atoms with Crippen LogP contribution in [0.25, 0.3) is 6.08 Å². The van der Waals surface area contributed by atoms with Crippen LogP contribution in [0, 0.1) is 5.41 Å². The number of fused-ring (bicyclic) bond motifs is 3. The van der Waals surface area contributed by atoms with E-state index in [-0.39, 0.29) is 11.9 Å². The summed E-state index contributed by atoms with van der Waals surface area (Å²) in [4.78, 5) is 8.18. The second kappa shape index (κ2) is 4.95. The quantitative estimate of drug-likeness (QED) is 0.738. The highest BCUT2D eigenvalue weighted by Gasteiger charge is 2.30. The summed E-state index contributed by atoms with van der Waals surface area (Å²) in [5, 5.41) is 7.59. The molecule has 0 amide bonds. The Bertz CT molecular complexity index is 882. The Kier molecular flexibility index (Phi) is 2.90. The summed E-state index contributed by atoms with van der Waals surface area (Å²) in [6.45, 7) is 0.756. The minimum Gasteiger partial charge on any atom is -0.399 e. The lowest BCUT2D eigenvalue weighted by molar-refractivity contribution is 0.792. The maximum atomic E-state index is 7.59. The number of nitrogens with one attached hydrogen (secondary N) is 1. The fourth-order valence-electron chi connectivity index (χ4n) is 3.06. The number of allylic oxidation sites excluding steroid dienone is 1. The van der Waals surface area contributed by atoms with Crippen molar-refractivity contribution >= 4 is 29.3 Å². The number of benzene rings is 1. The molecule has 1 aliphatic heterocycles. The molecule has 0 spiro atoms. The van der Waals surface area contributed by atoms with Crippen LogP contribution in [0.2, 0.25) is 0 Å². The van der Waals surface area contributed by atoms with Crippen LogP contribution in [0.1, 0.15) is 22.7 Å². The number of anilines is 1. The van der Waals surface area contributed by atoms with E-state index in [1.807, 2.05) is 48.7 Å². The second-order valence-corrected chi connectivity index (χ2v) is 5.69. The van der Waals surface area contributed by atoms with Crippen molar-refractivity contribution in [2.24, 2.45) is 15.7 Å². The van der Waals surface area contributed by atoms with E-state index < -0.39 is 0 Å². The number of aromatic nitrogens is 1. The third-order valence-electron chi connectivity index (χ3n) is 4.16. The number of nitrogens with two attached hydrogens (primary N) is 2. The molecule has 1 unspecified atom stereocenters. The van der Waals surface area contributed by atoms with Crippen LogP contribution in [0.3, 0.4) is 0 Å². The van der Waals surface area contributed by atoms with Crippen LogP contribution in [-0.4, -0.2) is 22.1 Å².